The van der Waals surface area contributed by atoms with Gasteiger partial charge in [-0.2, -0.15) is 0 Å². The second-order valence-electron chi connectivity index (χ2n) is 6.28. The number of likely N-dealkylation sites (N-methyl/N-ethyl adjacent to an activating group) is 1. The van der Waals surface area contributed by atoms with Crippen molar-refractivity contribution in [3.8, 4) is 0 Å². The second kappa shape index (κ2) is 8.75. The zero-order valence-corrected chi connectivity index (χ0v) is 13.8. The van der Waals surface area contributed by atoms with Gasteiger partial charge in [-0.1, -0.05) is 56.7 Å². The standard InChI is InChI=1S/C18H27ClFN/c1-2-21-17(11-8-14-6-4-3-5-7-14)12-15-9-10-16(20)13-18(15)19/h9-10,13-14,17,21H,2-8,11-12H2,1H3. The summed E-state index contributed by atoms with van der Waals surface area (Å²) in [5.41, 5.74) is 1.05. The molecule has 0 saturated heterocycles. The summed E-state index contributed by atoms with van der Waals surface area (Å²) in [5, 5.41) is 4.11. The van der Waals surface area contributed by atoms with E-state index in [9.17, 15) is 4.39 Å². The van der Waals surface area contributed by atoms with Crippen molar-refractivity contribution in [3.05, 3.63) is 34.6 Å². The van der Waals surface area contributed by atoms with Crippen LogP contribution in [0, 0.1) is 11.7 Å². The van der Waals surface area contributed by atoms with E-state index in [-0.39, 0.29) is 5.82 Å². The number of hydrogen-bond donors (Lipinski definition) is 1. The van der Waals surface area contributed by atoms with E-state index in [0.717, 1.165) is 24.4 Å². The summed E-state index contributed by atoms with van der Waals surface area (Å²) < 4.78 is 13.1. The smallest absolute Gasteiger partial charge is 0.124 e. The molecule has 1 fully saturated rings. The Hall–Kier alpha value is -0.600. The molecule has 118 valence electrons. The van der Waals surface area contributed by atoms with Crippen LogP contribution in [0.2, 0.25) is 5.02 Å². The van der Waals surface area contributed by atoms with Crippen LogP contribution in [0.4, 0.5) is 4.39 Å². The lowest BCUT2D eigenvalue weighted by Gasteiger charge is -2.25. The predicted octanol–water partition coefficient (Wildman–Crippen LogP) is 5.36. The maximum atomic E-state index is 13.1. The van der Waals surface area contributed by atoms with E-state index < -0.39 is 0 Å². The van der Waals surface area contributed by atoms with E-state index in [2.05, 4.69) is 12.2 Å². The number of rotatable bonds is 7. The van der Waals surface area contributed by atoms with Crippen LogP contribution in [0.5, 0.6) is 0 Å². The molecule has 1 saturated carbocycles. The third kappa shape index (κ3) is 5.60. The Morgan fingerprint density at radius 2 is 2.05 bits per heavy atom. The van der Waals surface area contributed by atoms with Crippen LogP contribution < -0.4 is 5.32 Å². The van der Waals surface area contributed by atoms with Crippen LogP contribution in [0.1, 0.15) is 57.4 Å². The van der Waals surface area contributed by atoms with Gasteiger partial charge in [0, 0.05) is 11.1 Å². The van der Waals surface area contributed by atoms with Crippen molar-refractivity contribution in [3.63, 3.8) is 0 Å². The van der Waals surface area contributed by atoms with Gasteiger partial charge in [0.15, 0.2) is 0 Å². The molecule has 1 unspecified atom stereocenters. The summed E-state index contributed by atoms with van der Waals surface area (Å²) >= 11 is 6.15. The molecule has 0 aliphatic heterocycles. The Kier molecular flexibility index (Phi) is 6.98. The number of benzene rings is 1. The number of nitrogens with one attached hydrogen (secondary N) is 1. The minimum atomic E-state index is -0.258. The van der Waals surface area contributed by atoms with Crippen molar-refractivity contribution < 1.29 is 4.39 Å². The first-order valence-electron chi connectivity index (χ1n) is 8.36. The molecular weight excluding hydrogens is 285 g/mol. The normalized spacial score (nSPS) is 17.9. The summed E-state index contributed by atoms with van der Waals surface area (Å²) in [6.07, 6.45) is 10.4. The van der Waals surface area contributed by atoms with Crippen LogP contribution in [-0.2, 0) is 6.42 Å². The summed E-state index contributed by atoms with van der Waals surface area (Å²) in [7, 11) is 0. The molecule has 2 rings (SSSR count). The Labute approximate surface area is 133 Å². The van der Waals surface area contributed by atoms with Gasteiger partial charge in [0.2, 0.25) is 0 Å². The molecule has 0 radical (unpaired) electrons. The first kappa shape index (κ1) is 16.8. The van der Waals surface area contributed by atoms with Crippen molar-refractivity contribution in [1.82, 2.24) is 5.32 Å². The van der Waals surface area contributed by atoms with Gasteiger partial charge in [-0.25, -0.2) is 4.39 Å². The average molecular weight is 312 g/mol. The Balaban J connectivity index is 1.88. The van der Waals surface area contributed by atoms with Crippen LogP contribution in [0.25, 0.3) is 0 Å². The molecule has 1 atom stereocenters. The highest BCUT2D eigenvalue weighted by Gasteiger charge is 2.17. The summed E-state index contributed by atoms with van der Waals surface area (Å²) in [5.74, 6) is 0.648. The van der Waals surface area contributed by atoms with E-state index in [4.69, 9.17) is 11.6 Å². The largest absolute Gasteiger partial charge is 0.314 e. The number of halogens is 2. The zero-order valence-electron chi connectivity index (χ0n) is 13.0. The van der Waals surface area contributed by atoms with Gasteiger partial charge in [-0.05, 0) is 49.4 Å². The highest BCUT2D eigenvalue weighted by Crippen LogP contribution is 2.28. The lowest BCUT2D eigenvalue weighted by molar-refractivity contribution is 0.313. The predicted molar refractivity (Wildman–Crippen MR) is 88.4 cm³/mol. The minimum Gasteiger partial charge on any atom is -0.314 e. The van der Waals surface area contributed by atoms with Crippen molar-refractivity contribution >= 4 is 11.6 Å². The van der Waals surface area contributed by atoms with Crippen LogP contribution in [-0.4, -0.2) is 12.6 Å². The van der Waals surface area contributed by atoms with Gasteiger partial charge >= 0.3 is 0 Å². The van der Waals surface area contributed by atoms with Crippen LogP contribution >= 0.6 is 11.6 Å². The van der Waals surface area contributed by atoms with Gasteiger partial charge in [0.25, 0.3) is 0 Å². The fourth-order valence-corrected chi connectivity index (χ4v) is 3.67. The molecule has 21 heavy (non-hydrogen) atoms. The van der Waals surface area contributed by atoms with Gasteiger partial charge < -0.3 is 5.32 Å². The Morgan fingerprint density at radius 3 is 2.71 bits per heavy atom. The zero-order chi connectivity index (χ0) is 15.1. The van der Waals surface area contributed by atoms with Gasteiger partial charge in [0.05, 0.1) is 0 Å². The van der Waals surface area contributed by atoms with Crippen molar-refractivity contribution in [2.75, 3.05) is 6.54 Å². The van der Waals surface area contributed by atoms with E-state index in [0.29, 0.717) is 11.1 Å². The minimum absolute atomic E-state index is 0.258. The molecule has 0 amide bonds. The molecular formula is C18H27ClFN. The van der Waals surface area contributed by atoms with E-state index in [1.165, 1.54) is 57.1 Å². The maximum Gasteiger partial charge on any atom is 0.124 e. The van der Waals surface area contributed by atoms with Gasteiger partial charge in [-0.15, -0.1) is 0 Å². The SMILES string of the molecule is CCNC(CCC1CCCCC1)Cc1ccc(F)cc1Cl. The molecule has 1 N–H and O–H groups in total. The van der Waals surface area contributed by atoms with E-state index in [1.54, 1.807) is 0 Å². The highest BCUT2D eigenvalue weighted by molar-refractivity contribution is 6.31. The second-order valence-corrected chi connectivity index (χ2v) is 6.68. The van der Waals surface area contributed by atoms with E-state index >= 15 is 0 Å². The molecule has 0 spiro atoms. The molecule has 0 bridgehead atoms. The molecule has 0 aromatic heterocycles. The first-order chi connectivity index (χ1) is 10.2. The molecule has 0 heterocycles. The summed E-state index contributed by atoms with van der Waals surface area (Å²) in [4.78, 5) is 0. The first-order valence-corrected chi connectivity index (χ1v) is 8.74. The molecule has 1 aliphatic carbocycles. The fourth-order valence-electron chi connectivity index (χ4n) is 3.43. The molecule has 1 aromatic rings. The lowest BCUT2D eigenvalue weighted by Crippen LogP contribution is -2.31. The van der Waals surface area contributed by atoms with Gasteiger partial charge in [-0.3, -0.25) is 0 Å². The lowest BCUT2D eigenvalue weighted by atomic mass is 9.84. The van der Waals surface area contributed by atoms with Gasteiger partial charge in [0.1, 0.15) is 5.82 Å². The monoisotopic (exact) mass is 311 g/mol. The third-order valence-electron chi connectivity index (χ3n) is 4.62. The van der Waals surface area contributed by atoms with Crippen LogP contribution in [0.3, 0.4) is 0 Å². The molecule has 1 aliphatic rings. The number of hydrogen-bond acceptors (Lipinski definition) is 1. The fraction of sp³-hybridized carbons (Fsp3) is 0.667. The molecule has 1 aromatic carbocycles. The maximum absolute atomic E-state index is 13.1. The van der Waals surface area contributed by atoms with E-state index in [1.807, 2.05) is 6.07 Å². The Bertz CT molecular complexity index is 429. The van der Waals surface area contributed by atoms with Crippen molar-refractivity contribution in [2.24, 2.45) is 5.92 Å². The Morgan fingerprint density at radius 1 is 1.29 bits per heavy atom. The summed E-state index contributed by atoms with van der Waals surface area (Å²) in [6.45, 7) is 3.11. The quantitative estimate of drug-likeness (QED) is 0.714. The van der Waals surface area contributed by atoms with Crippen molar-refractivity contribution in [1.29, 1.82) is 0 Å². The summed E-state index contributed by atoms with van der Waals surface area (Å²) in [6, 6.07) is 5.19. The van der Waals surface area contributed by atoms with Crippen LogP contribution in [0.15, 0.2) is 18.2 Å². The van der Waals surface area contributed by atoms with Crippen molar-refractivity contribution in [2.45, 2.75) is 64.3 Å². The average Bonchev–Trinajstić information content (AvgIpc) is 2.49. The molecule has 1 nitrogen and oxygen atoms in total. The molecule has 3 heteroatoms. The third-order valence-corrected chi connectivity index (χ3v) is 4.97. The highest BCUT2D eigenvalue weighted by atomic mass is 35.5. The topological polar surface area (TPSA) is 12.0 Å².